The molecule has 0 aliphatic carbocycles. The molecule has 0 saturated carbocycles. The lowest BCUT2D eigenvalue weighted by Crippen LogP contribution is -2.31. The van der Waals surface area contributed by atoms with Crippen LogP contribution in [0.1, 0.15) is 51.5 Å². The van der Waals surface area contributed by atoms with Gasteiger partial charge in [0.1, 0.15) is 5.82 Å². The molecular weight excluding hydrogens is 241 g/mol. The van der Waals surface area contributed by atoms with E-state index in [2.05, 4.69) is 6.92 Å². The van der Waals surface area contributed by atoms with E-state index in [1.165, 1.54) is 12.1 Å². The first-order valence-electron chi connectivity index (χ1n) is 7.19. The Morgan fingerprint density at radius 2 is 1.79 bits per heavy atom. The second kappa shape index (κ2) is 8.68. The zero-order chi connectivity index (χ0) is 14.1. The molecule has 0 atom stereocenters. The number of hydrogen-bond acceptors (Lipinski definition) is 1. The smallest absolute Gasteiger partial charge is 0.222 e. The van der Waals surface area contributed by atoms with Gasteiger partial charge in [0.05, 0.1) is 0 Å². The number of carbonyl (C=O) groups is 1. The number of carbonyl (C=O) groups excluding carboxylic acids is 1. The fraction of sp³-hybridized carbons (Fsp3) is 0.562. The van der Waals surface area contributed by atoms with Crippen LogP contribution in [-0.2, 0) is 11.3 Å². The summed E-state index contributed by atoms with van der Waals surface area (Å²) in [6.45, 7) is 5.55. The first-order valence-corrected chi connectivity index (χ1v) is 7.19. The van der Waals surface area contributed by atoms with Crippen LogP contribution >= 0.6 is 0 Å². The molecule has 1 aromatic rings. The highest BCUT2D eigenvalue weighted by atomic mass is 19.1. The Kier molecular flexibility index (Phi) is 7.16. The normalized spacial score (nSPS) is 10.5. The van der Waals surface area contributed by atoms with Gasteiger partial charge in [-0.05, 0) is 30.5 Å². The van der Waals surface area contributed by atoms with Crippen LogP contribution in [-0.4, -0.2) is 17.4 Å². The maximum Gasteiger partial charge on any atom is 0.222 e. The monoisotopic (exact) mass is 265 g/mol. The van der Waals surface area contributed by atoms with E-state index in [1.54, 1.807) is 12.1 Å². The van der Waals surface area contributed by atoms with Crippen molar-refractivity contribution in [3.63, 3.8) is 0 Å². The van der Waals surface area contributed by atoms with E-state index in [4.69, 9.17) is 0 Å². The van der Waals surface area contributed by atoms with Gasteiger partial charge in [-0.1, -0.05) is 38.8 Å². The van der Waals surface area contributed by atoms with Crippen molar-refractivity contribution in [1.82, 2.24) is 4.90 Å². The zero-order valence-electron chi connectivity index (χ0n) is 12.0. The van der Waals surface area contributed by atoms with Crippen LogP contribution in [0.3, 0.4) is 0 Å². The van der Waals surface area contributed by atoms with Gasteiger partial charge in [-0.3, -0.25) is 4.79 Å². The van der Waals surface area contributed by atoms with Crippen LogP contribution in [0.4, 0.5) is 4.39 Å². The summed E-state index contributed by atoms with van der Waals surface area (Å²) in [5.41, 5.74) is 0.988. The largest absolute Gasteiger partial charge is 0.338 e. The molecule has 0 spiro atoms. The van der Waals surface area contributed by atoms with Gasteiger partial charge in [-0.25, -0.2) is 4.39 Å². The van der Waals surface area contributed by atoms with Crippen LogP contribution < -0.4 is 0 Å². The third kappa shape index (κ3) is 5.86. The number of hydrogen-bond donors (Lipinski definition) is 0. The Morgan fingerprint density at radius 1 is 1.11 bits per heavy atom. The SMILES string of the molecule is CCCCCN(Cc1ccc(F)cc1)C(=O)CCC. The van der Waals surface area contributed by atoms with Gasteiger partial charge >= 0.3 is 0 Å². The Hall–Kier alpha value is -1.38. The summed E-state index contributed by atoms with van der Waals surface area (Å²) in [5, 5.41) is 0. The molecule has 0 radical (unpaired) electrons. The van der Waals surface area contributed by atoms with Crippen molar-refractivity contribution in [3.05, 3.63) is 35.6 Å². The van der Waals surface area contributed by atoms with Gasteiger partial charge in [0.25, 0.3) is 0 Å². The highest BCUT2D eigenvalue weighted by Gasteiger charge is 2.12. The molecule has 0 aromatic heterocycles. The molecule has 3 heteroatoms. The van der Waals surface area contributed by atoms with E-state index in [0.717, 1.165) is 37.8 Å². The van der Waals surface area contributed by atoms with E-state index in [9.17, 15) is 9.18 Å². The van der Waals surface area contributed by atoms with E-state index in [-0.39, 0.29) is 11.7 Å². The standard InChI is InChI=1S/C16H24FNO/c1-3-5-6-12-18(16(19)7-4-2)13-14-8-10-15(17)11-9-14/h8-11H,3-7,12-13H2,1-2H3. The molecule has 0 N–H and O–H groups in total. The number of benzene rings is 1. The molecule has 0 saturated heterocycles. The number of rotatable bonds is 8. The lowest BCUT2D eigenvalue weighted by atomic mass is 10.1. The molecule has 0 bridgehead atoms. The number of halogens is 1. The summed E-state index contributed by atoms with van der Waals surface area (Å²) >= 11 is 0. The molecule has 1 rings (SSSR count). The molecule has 0 heterocycles. The van der Waals surface area contributed by atoms with Crippen molar-refractivity contribution < 1.29 is 9.18 Å². The molecular formula is C16H24FNO. The van der Waals surface area contributed by atoms with Gasteiger partial charge in [0.2, 0.25) is 5.91 Å². The Morgan fingerprint density at radius 3 is 2.37 bits per heavy atom. The van der Waals surface area contributed by atoms with Gasteiger partial charge < -0.3 is 4.90 Å². The predicted molar refractivity (Wildman–Crippen MR) is 76.3 cm³/mol. The fourth-order valence-electron chi connectivity index (χ4n) is 2.03. The summed E-state index contributed by atoms with van der Waals surface area (Å²) in [4.78, 5) is 14.0. The molecule has 106 valence electrons. The molecule has 0 aliphatic heterocycles. The number of nitrogens with zero attached hydrogens (tertiary/aromatic N) is 1. The third-order valence-corrected chi connectivity index (χ3v) is 3.13. The van der Waals surface area contributed by atoms with Crippen molar-refractivity contribution >= 4 is 5.91 Å². The van der Waals surface area contributed by atoms with E-state index >= 15 is 0 Å². The van der Waals surface area contributed by atoms with E-state index in [1.807, 2.05) is 11.8 Å². The maximum atomic E-state index is 12.9. The van der Waals surface area contributed by atoms with Crippen molar-refractivity contribution in [2.75, 3.05) is 6.54 Å². The summed E-state index contributed by atoms with van der Waals surface area (Å²) < 4.78 is 12.9. The minimum Gasteiger partial charge on any atom is -0.338 e. The molecule has 19 heavy (non-hydrogen) atoms. The molecule has 0 fully saturated rings. The maximum absolute atomic E-state index is 12.9. The summed E-state index contributed by atoms with van der Waals surface area (Å²) in [7, 11) is 0. The summed E-state index contributed by atoms with van der Waals surface area (Å²) in [5.74, 6) is -0.0379. The summed E-state index contributed by atoms with van der Waals surface area (Å²) in [6.07, 6.45) is 4.78. The van der Waals surface area contributed by atoms with Crippen LogP contribution in [0.5, 0.6) is 0 Å². The Labute approximate surface area is 115 Å². The summed E-state index contributed by atoms with van der Waals surface area (Å²) in [6, 6.07) is 6.40. The van der Waals surface area contributed by atoms with Gasteiger partial charge in [-0.2, -0.15) is 0 Å². The average Bonchev–Trinajstić information content (AvgIpc) is 2.40. The number of unbranched alkanes of at least 4 members (excludes halogenated alkanes) is 2. The van der Waals surface area contributed by atoms with Crippen LogP contribution in [0.25, 0.3) is 0 Å². The minimum absolute atomic E-state index is 0.197. The lowest BCUT2D eigenvalue weighted by Gasteiger charge is -2.22. The molecule has 1 amide bonds. The highest BCUT2D eigenvalue weighted by molar-refractivity contribution is 5.76. The van der Waals surface area contributed by atoms with Crippen molar-refractivity contribution in [1.29, 1.82) is 0 Å². The average molecular weight is 265 g/mol. The Balaban J connectivity index is 2.61. The van der Waals surface area contributed by atoms with Crippen LogP contribution in [0, 0.1) is 5.82 Å². The zero-order valence-corrected chi connectivity index (χ0v) is 12.0. The Bertz CT molecular complexity index is 375. The highest BCUT2D eigenvalue weighted by Crippen LogP contribution is 2.10. The first-order chi connectivity index (χ1) is 9.17. The minimum atomic E-state index is -0.235. The van der Waals surface area contributed by atoms with Gasteiger partial charge in [0.15, 0.2) is 0 Å². The molecule has 2 nitrogen and oxygen atoms in total. The van der Waals surface area contributed by atoms with Crippen LogP contribution in [0.15, 0.2) is 24.3 Å². The molecule has 0 unspecified atom stereocenters. The fourth-order valence-corrected chi connectivity index (χ4v) is 2.03. The van der Waals surface area contributed by atoms with Crippen LogP contribution in [0.2, 0.25) is 0 Å². The second-order valence-corrected chi connectivity index (χ2v) is 4.90. The lowest BCUT2D eigenvalue weighted by molar-refractivity contribution is -0.131. The molecule has 0 aliphatic rings. The van der Waals surface area contributed by atoms with Crippen molar-refractivity contribution in [2.24, 2.45) is 0 Å². The van der Waals surface area contributed by atoms with Crippen molar-refractivity contribution in [3.8, 4) is 0 Å². The van der Waals surface area contributed by atoms with Crippen molar-refractivity contribution in [2.45, 2.75) is 52.5 Å². The molecule has 1 aromatic carbocycles. The first kappa shape index (κ1) is 15.7. The van der Waals surface area contributed by atoms with Gasteiger partial charge in [0, 0.05) is 19.5 Å². The van der Waals surface area contributed by atoms with E-state index in [0.29, 0.717) is 13.0 Å². The van der Waals surface area contributed by atoms with E-state index < -0.39 is 0 Å². The predicted octanol–water partition coefficient (Wildman–Crippen LogP) is 4.14. The van der Waals surface area contributed by atoms with Gasteiger partial charge in [-0.15, -0.1) is 0 Å². The third-order valence-electron chi connectivity index (χ3n) is 3.13. The number of amides is 1. The quantitative estimate of drug-likeness (QED) is 0.647. The second-order valence-electron chi connectivity index (χ2n) is 4.90. The topological polar surface area (TPSA) is 20.3 Å².